The molecule has 142 valence electrons. The molecule has 0 N–H and O–H groups in total. The average Bonchev–Trinajstić information content (AvgIpc) is 3.19. The Bertz CT molecular complexity index is 1080. The van der Waals surface area contributed by atoms with Crippen molar-refractivity contribution in [2.45, 2.75) is 25.8 Å². The summed E-state index contributed by atoms with van der Waals surface area (Å²) in [6, 6.07) is 17.2. The predicted octanol–water partition coefficient (Wildman–Crippen LogP) is 3.66. The summed E-state index contributed by atoms with van der Waals surface area (Å²) < 4.78 is 15.6. The molecule has 6 heteroatoms. The van der Waals surface area contributed by atoms with Crippen molar-refractivity contribution in [3.63, 3.8) is 0 Å². The van der Waals surface area contributed by atoms with Crippen molar-refractivity contribution >= 4 is 5.91 Å². The molecule has 2 aromatic carbocycles. The number of hydrogen-bond acceptors (Lipinski definition) is 3. The van der Waals surface area contributed by atoms with Gasteiger partial charge in [0, 0.05) is 18.3 Å². The first-order valence-electron chi connectivity index (χ1n) is 9.28. The minimum atomic E-state index is -0.469. The predicted molar refractivity (Wildman–Crippen MR) is 104 cm³/mol. The summed E-state index contributed by atoms with van der Waals surface area (Å²) in [5.74, 6) is -0.884. The normalized spacial score (nSPS) is 16.4. The molecule has 0 saturated carbocycles. The van der Waals surface area contributed by atoms with Gasteiger partial charge in [-0.2, -0.15) is 5.10 Å². The van der Waals surface area contributed by atoms with Crippen molar-refractivity contribution < 1.29 is 9.18 Å². The molecular formula is C22H20FN3O2. The van der Waals surface area contributed by atoms with Crippen LogP contribution < -0.4 is 5.43 Å². The highest BCUT2D eigenvalue weighted by atomic mass is 19.1. The number of para-hydroxylation sites is 1. The van der Waals surface area contributed by atoms with Crippen LogP contribution in [0.2, 0.25) is 0 Å². The van der Waals surface area contributed by atoms with Crippen LogP contribution in [0.5, 0.6) is 0 Å². The lowest BCUT2D eigenvalue weighted by Gasteiger charge is -2.25. The first-order valence-corrected chi connectivity index (χ1v) is 9.28. The van der Waals surface area contributed by atoms with Gasteiger partial charge in [-0.3, -0.25) is 9.59 Å². The molecule has 0 radical (unpaired) electrons. The number of benzene rings is 2. The van der Waals surface area contributed by atoms with Gasteiger partial charge in [0.25, 0.3) is 5.91 Å². The lowest BCUT2D eigenvalue weighted by molar-refractivity contribution is 0.0726. The van der Waals surface area contributed by atoms with Crippen LogP contribution in [-0.4, -0.2) is 27.1 Å². The van der Waals surface area contributed by atoms with E-state index in [-0.39, 0.29) is 17.4 Å². The zero-order valence-corrected chi connectivity index (χ0v) is 15.5. The first kappa shape index (κ1) is 18.1. The van der Waals surface area contributed by atoms with E-state index in [4.69, 9.17) is 0 Å². The molecular weight excluding hydrogens is 357 g/mol. The van der Waals surface area contributed by atoms with E-state index < -0.39 is 17.2 Å². The number of likely N-dealkylation sites (tertiary alicyclic amines) is 1. The van der Waals surface area contributed by atoms with E-state index in [1.165, 1.54) is 16.8 Å². The SMILES string of the molecule is Cc1cc(=O)c(C(=O)N2CCCC2c2ccccc2)nn1-c1ccccc1F. The fraction of sp³-hybridized carbons (Fsp3) is 0.227. The van der Waals surface area contributed by atoms with Gasteiger partial charge in [-0.05, 0) is 37.5 Å². The zero-order valence-electron chi connectivity index (χ0n) is 15.5. The second-order valence-electron chi connectivity index (χ2n) is 6.93. The summed E-state index contributed by atoms with van der Waals surface area (Å²) in [6.07, 6.45) is 1.70. The van der Waals surface area contributed by atoms with Crippen molar-refractivity contribution in [3.8, 4) is 5.69 Å². The summed E-state index contributed by atoms with van der Waals surface area (Å²) in [6.45, 7) is 2.23. The van der Waals surface area contributed by atoms with Crippen LogP contribution in [0.25, 0.3) is 5.69 Å². The minimum Gasteiger partial charge on any atom is -0.330 e. The Morgan fingerprint density at radius 2 is 1.82 bits per heavy atom. The van der Waals surface area contributed by atoms with Gasteiger partial charge in [-0.1, -0.05) is 42.5 Å². The lowest BCUT2D eigenvalue weighted by Crippen LogP contribution is -2.36. The third kappa shape index (κ3) is 3.22. The molecule has 1 fully saturated rings. The van der Waals surface area contributed by atoms with Gasteiger partial charge in [0.2, 0.25) is 5.43 Å². The molecule has 0 aliphatic carbocycles. The first-order chi connectivity index (χ1) is 13.6. The van der Waals surface area contributed by atoms with Crippen molar-refractivity contribution in [1.29, 1.82) is 0 Å². The van der Waals surface area contributed by atoms with E-state index in [0.29, 0.717) is 12.2 Å². The van der Waals surface area contributed by atoms with Crippen LogP contribution in [0.4, 0.5) is 4.39 Å². The van der Waals surface area contributed by atoms with E-state index in [9.17, 15) is 14.0 Å². The van der Waals surface area contributed by atoms with E-state index in [2.05, 4.69) is 5.10 Å². The van der Waals surface area contributed by atoms with E-state index in [1.807, 2.05) is 30.3 Å². The molecule has 1 atom stereocenters. The van der Waals surface area contributed by atoms with Crippen LogP contribution in [-0.2, 0) is 0 Å². The largest absolute Gasteiger partial charge is 0.330 e. The highest BCUT2D eigenvalue weighted by Gasteiger charge is 2.32. The van der Waals surface area contributed by atoms with Crippen molar-refractivity contribution in [2.75, 3.05) is 6.54 Å². The summed E-state index contributed by atoms with van der Waals surface area (Å²) in [7, 11) is 0. The maximum atomic E-state index is 14.2. The van der Waals surface area contributed by atoms with Gasteiger partial charge in [0.05, 0.1) is 6.04 Å². The van der Waals surface area contributed by atoms with E-state index in [1.54, 1.807) is 30.0 Å². The Labute approximate surface area is 162 Å². The highest BCUT2D eigenvalue weighted by Crippen LogP contribution is 2.32. The third-order valence-electron chi connectivity index (χ3n) is 5.09. The summed E-state index contributed by atoms with van der Waals surface area (Å²) >= 11 is 0. The van der Waals surface area contributed by atoms with Crippen LogP contribution in [0.3, 0.4) is 0 Å². The van der Waals surface area contributed by atoms with Gasteiger partial charge < -0.3 is 4.90 Å². The molecule has 0 bridgehead atoms. The molecule has 1 amide bonds. The van der Waals surface area contributed by atoms with Gasteiger partial charge in [0.15, 0.2) is 5.69 Å². The second-order valence-corrected chi connectivity index (χ2v) is 6.93. The molecule has 3 aromatic rings. The van der Waals surface area contributed by atoms with Crippen molar-refractivity contribution in [1.82, 2.24) is 14.7 Å². The summed E-state index contributed by atoms with van der Waals surface area (Å²) in [5, 5.41) is 4.25. The standard InChI is InChI=1S/C22H20FN3O2/c1-15-14-20(27)21(24-26(15)19-11-6-5-10-17(19)23)22(28)25-13-7-12-18(25)16-8-3-2-4-9-16/h2-6,8-11,14,18H,7,12-13H2,1H3. The highest BCUT2D eigenvalue weighted by molar-refractivity contribution is 5.92. The molecule has 5 nitrogen and oxygen atoms in total. The number of carbonyl (C=O) groups is 1. The maximum Gasteiger partial charge on any atom is 0.278 e. The van der Waals surface area contributed by atoms with Gasteiger partial charge in [-0.25, -0.2) is 9.07 Å². The molecule has 2 heterocycles. The number of rotatable bonds is 3. The van der Waals surface area contributed by atoms with Crippen LogP contribution >= 0.6 is 0 Å². The monoisotopic (exact) mass is 377 g/mol. The van der Waals surface area contributed by atoms with Crippen LogP contribution in [0.15, 0.2) is 65.5 Å². The molecule has 1 saturated heterocycles. The quantitative estimate of drug-likeness (QED) is 0.700. The number of nitrogens with zero attached hydrogens (tertiary/aromatic N) is 3. The fourth-order valence-corrected chi connectivity index (χ4v) is 3.73. The van der Waals surface area contributed by atoms with Gasteiger partial charge in [-0.15, -0.1) is 0 Å². The number of amides is 1. The van der Waals surface area contributed by atoms with E-state index >= 15 is 0 Å². The van der Waals surface area contributed by atoms with E-state index in [0.717, 1.165) is 18.4 Å². The third-order valence-corrected chi connectivity index (χ3v) is 5.09. The van der Waals surface area contributed by atoms with Gasteiger partial charge >= 0.3 is 0 Å². The summed E-state index contributed by atoms with van der Waals surface area (Å²) in [5.41, 5.74) is 1.07. The van der Waals surface area contributed by atoms with Crippen molar-refractivity contribution in [2.24, 2.45) is 0 Å². The smallest absolute Gasteiger partial charge is 0.278 e. The Morgan fingerprint density at radius 3 is 2.57 bits per heavy atom. The average molecular weight is 377 g/mol. The zero-order chi connectivity index (χ0) is 19.7. The molecule has 28 heavy (non-hydrogen) atoms. The Balaban J connectivity index is 1.75. The maximum absolute atomic E-state index is 14.2. The second kappa shape index (κ2) is 7.38. The molecule has 0 spiro atoms. The molecule has 4 rings (SSSR count). The number of aromatic nitrogens is 2. The topological polar surface area (TPSA) is 55.2 Å². The van der Waals surface area contributed by atoms with Gasteiger partial charge in [0.1, 0.15) is 11.5 Å². The molecule has 1 aliphatic heterocycles. The fourth-order valence-electron chi connectivity index (χ4n) is 3.73. The lowest BCUT2D eigenvalue weighted by atomic mass is 10.0. The minimum absolute atomic E-state index is 0.0851. The Kier molecular flexibility index (Phi) is 4.77. The number of carbonyl (C=O) groups excluding carboxylic acids is 1. The van der Waals surface area contributed by atoms with Crippen molar-refractivity contribution in [3.05, 3.63) is 93.7 Å². The molecule has 1 unspecified atom stereocenters. The summed E-state index contributed by atoms with van der Waals surface area (Å²) in [4.78, 5) is 27.4. The van der Waals surface area contributed by atoms with Crippen LogP contribution in [0, 0.1) is 12.7 Å². The Hall–Kier alpha value is -3.28. The number of hydrogen-bond donors (Lipinski definition) is 0. The molecule has 1 aromatic heterocycles. The number of aryl methyl sites for hydroxylation is 1. The molecule has 1 aliphatic rings. The number of halogens is 1. The Morgan fingerprint density at radius 1 is 1.11 bits per heavy atom. The van der Waals surface area contributed by atoms with Crippen LogP contribution in [0.1, 0.15) is 40.6 Å².